The molecule has 1 amide bonds. The van der Waals surface area contributed by atoms with Gasteiger partial charge in [-0.1, -0.05) is 6.07 Å². The molecule has 8 nitrogen and oxygen atoms in total. The summed E-state index contributed by atoms with van der Waals surface area (Å²) in [6.45, 7) is 8.48. The molecule has 1 heterocycles. The summed E-state index contributed by atoms with van der Waals surface area (Å²) in [5, 5.41) is 2.82. The van der Waals surface area contributed by atoms with Gasteiger partial charge in [-0.05, 0) is 75.6 Å². The minimum atomic E-state index is -3.93. The SMILES string of the molecule is Cc1cc(C)cc(NS(=O)(=O)c2ccc3[nH]cc(C(=O)NCCCOC(C)C)c(=O)c3c2)c1. The molecule has 0 aliphatic carbocycles. The Kier molecular flexibility index (Phi) is 7.55. The van der Waals surface area contributed by atoms with E-state index in [1.54, 1.807) is 12.1 Å². The van der Waals surface area contributed by atoms with E-state index in [2.05, 4.69) is 15.0 Å². The first-order chi connectivity index (χ1) is 15.6. The normalized spacial score (nSPS) is 11.7. The van der Waals surface area contributed by atoms with Crippen LogP contribution in [0.5, 0.6) is 0 Å². The average molecular weight is 472 g/mol. The van der Waals surface area contributed by atoms with Gasteiger partial charge in [0.2, 0.25) is 5.43 Å². The average Bonchev–Trinajstić information content (AvgIpc) is 2.72. The number of aromatic amines is 1. The largest absolute Gasteiger partial charge is 0.379 e. The molecule has 0 bridgehead atoms. The second-order valence-electron chi connectivity index (χ2n) is 8.25. The number of aryl methyl sites for hydroxylation is 2. The number of H-pyrrole nitrogens is 1. The number of carbonyl (C=O) groups is 1. The minimum Gasteiger partial charge on any atom is -0.379 e. The number of sulfonamides is 1. The predicted molar refractivity (Wildman–Crippen MR) is 129 cm³/mol. The van der Waals surface area contributed by atoms with Crippen LogP contribution in [0.2, 0.25) is 0 Å². The van der Waals surface area contributed by atoms with Crippen LogP contribution < -0.4 is 15.5 Å². The quantitative estimate of drug-likeness (QED) is 0.413. The zero-order chi connectivity index (χ0) is 24.2. The van der Waals surface area contributed by atoms with Crippen LogP contribution in [-0.2, 0) is 14.8 Å². The van der Waals surface area contributed by atoms with Gasteiger partial charge in [-0.25, -0.2) is 8.42 Å². The second kappa shape index (κ2) is 10.2. The van der Waals surface area contributed by atoms with E-state index in [0.29, 0.717) is 30.8 Å². The third-order valence-corrected chi connectivity index (χ3v) is 6.32. The zero-order valence-electron chi connectivity index (χ0n) is 19.2. The summed E-state index contributed by atoms with van der Waals surface area (Å²) in [7, 11) is -3.93. The van der Waals surface area contributed by atoms with Crippen molar-refractivity contribution < 1.29 is 17.9 Å². The lowest BCUT2D eigenvalue weighted by Crippen LogP contribution is -2.30. The van der Waals surface area contributed by atoms with Crippen molar-refractivity contribution in [3.63, 3.8) is 0 Å². The van der Waals surface area contributed by atoms with Gasteiger partial charge in [-0.2, -0.15) is 0 Å². The molecule has 2 aromatic carbocycles. The summed E-state index contributed by atoms with van der Waals surface area (Å²) < 4.78 is 33.9. The first kappa shape index (κ1) is 24.5. The summed E-state index contributed by atoms with van der Waals surface area (Å²) in [5.74, 6) is -0.524. The van der Waals surface area contributed by atoms with E-state index in [9.17, 15) is 18.0 Å². The smallest absolute Gasteiger partial charge is 0.261 e. The van der Waals surface area contributed by atoms with Gasteiger partial charge in [-0.3, -0.25) is 14.3 Å². The number of anilines is 1. The number of nitrogens with one attached hydrogen (secondary N) is 3. The van der Waals surface area contributed by atoms with Gasteiger partial charge in [0.05, 0.1) is 11.0 Å². The van der Waals surface area contributed by atoms with E-state index >= 15 is 0 Å². The third kappa shape index (κ3) is 6.21. The van der Waals surface area contributed by atoms with Gasteiger partial charge >= 0.3 is 0 Å². The Morgan fingerprint density at radius 1 is 1.09 bits per heavy atom. The highest BCUT2D eigenvalue weighted by atomic mass is 32.2. The number of amides is 1. The summed E-state index contributed by atoms with van der Waals surface area (Å²) in [6, 6.07) is 9.61. The Morgan fingerprint density at radius 2 is 1.79 bits per heavy atom. The number of ether oxygens (including phenoxy) is 1. The van der Waals surface area contributed by atoms with Crippen LogP contribution in [0.3, 0.4) is 0 Å². The van der Waals surface area contributed by atoms with Gasteiger partial charge in [0.15, 0.2) is 0 Å². The van der Waals surface area contributed by atoms with Crippen molar-refractivity contribution in [1.82, 2.24) is 10.3 Å². The van der Waals surface area contributed by atoms with Crippen molar-refractivity contribution in [2.24, 2.45) is 0 Å². The molecule has 3 rings (SSSR count). The second-order valence-corrected chi connectivity index (χ2v) is 9.93. The Hall–Kier alpha value is -3.17. The van der Waals surface area contributed by atoms with Crippen molar-refractivity contribution in [2.75, 3.05) is 17.9 Å². The minimum absolute atomic E-state index is 0.0666. The molecule has 33 heavy (non-hydrogen) atoms. The highest BCUT2D eigenvalue weighted by Crippen LogP contribution is 2.21. The van der Waals surface area contributed by atoms with Gasteiger partial charge < -0.3 is 15.0 Å². The fraction of sp³-hybridized carbons (Fsp3) is 0.333. The number of pyridine rings is 1. The summed E-state index contributed by atoms with van der Waals surface area (Å²) >= 11 is 0. The molecule has 0 fully saturated rings. The maximum Gasteiger partial charge on any atom is 0.261 e. The molecule has 0 saturated carbocycles. The third-order valence-electron chi connectivity index (χ3n) is 4.94. The summed E-state index contributed by atoms with van der Waals surface area (Å²) in [6.07, 6.45) is 2.06. The lowest BCUT2D eigenvalue weighted by Gasteiger charge is -2.11. The predicted octanol–water partition coefficient (Wildman–Crippen LogP) is 3.49. The van der Waals surface area contributed by atoms with Gasteiger partial charge in [0.1, 0.15) is 5.56 Å². The van der Waals surface area contributed by atoms with Crippen LogP contribution in [-0.4, -0.2) is 38.6 Å². The number of benzene rings is 2. The van der Waals surface area contributed by atoms with Crippen LogP contribution in [0.1, 0.15) is 41.8 Å². The van der Waals surface area contributed by atoms with E-state index in [4.69, 9.17) is 4.74 Å². The molecule has 3 aromatic rings. The number of fused-ring (bicyclic) bond motifs is 1. The number of hydrogen-bond acceptors (Lipinski definition) is 5. The van der Waals surface area contributed by atoms with Crippen molar-refractivity contribution in [2.45, 2.75) is 45.1 Å². The molecule has 9 heteroatoms. The fourth-order valence-electron chi connectivity index (χ4n) is 3.47. The van der Waals surface area contributed by atoms with E-state index < -0.39 is 21.4 Å². The Bertz CT molecular complexity index is 1310. The Balaban J connectivity index is 1.84. The van der Waals surface area contributed by atoms with Crippen LogP contribution in [0, 0.1) is 13.8 Å². The van der Waals surface area contributed by atoms with E-state index in [1.807, 2.05) is 33.8 Å². The lowest BCUT2D eigenvalue weighted by molar-refractivity contribution is 0.0757. The van der Waals surface area contributed by atoms with Crippen molar-refractivity contribution in [3.8, 4) is 0 Å². The highest BCUT2D eigenvalue weighted by Gasteiger charge is 2.18. The number of rotatable bonds is 9. The zero-order valence-corrected chi connectivity index (χ0v) is 20.0. The molecule has 0 unspecified atom stereocenters. The molecular formula is C24H29N3O5S. The van der Waals surface area contributed by atoms with Gasteiger partial charge in [0, 0.05) is 35.9 Å². The van der Waals surface area contributed by atoms with Crippen molar-refractivity contribution >= 4 is 32.5 Å². The lowest BCUT2D eigenvalue weighted by atomic mass is 10.1. The van der Waals surface area contributed by atoms with E-state index in [1.165, 1.54) is 24.4 Å². The molecule has 0 aliphatic rings. The maximum atomic E-state index is 13.0. The first-order valence-electron chi connectivity index (χ1n) is 10.7. The van der Waals surface area contributed by atoms with Crippen LogP contribution in [0.4, 0.5) is 5.69 Å². The number of aromatic nitrogens is 1. The Labute approximate surface area is 193 Å². The summed E-state index contributed by atoms with van der Waals surface area (Å²) in [4.78, 5) is 28.3. The van der Waals surface area contributed by atoms with Crippen LogP contribution in [0.25, 0.3) is 10.9 Å². The molecule has 0 spiro atoms. The maximum absolute atomic E-state index is 13.0. The van der Waals surface area contributed by atoms with E-state index in [0.717, 1.165) is 11.1 Å². The van der Waals surface area contributed by atoms with Crippen molar-refractivity contribution in [1.29, 1.82) is 0 Å². The molecule has 0 saturated heterocycles. The van der Waals surface area contributed by atoms with Crippen LogP contribution in [0.15, 0.2) is 52.3 Å². The number of hydrogen-bond donors (Lipinski definition) is 3. The fourth-order valence-corrected chi connectivity index (χ4v) is 4.54. The molecule has 176 valence electrons. The molecule has 0 aliphatic heterocycles. The standard InChI is InChI=1S/C24H29N3O5S/c1-15(2)32-9-5-8-25-24(29)21-14-26-22-7-6-19(13-20(22)23(21)28)33(30,31)27-18-11-16(3)10-17(4)12-18/h6-7,10-15,27H,5,8-9H2,1-4H3,(H,25,29)(H,26,28). The number of carbonyl (C=O) groups excluding carboxylic acids is 1. The molecule has 0 radical (unpaired) electrons. The van der Waals surface area contributed by atoms with Gasteiger partial charge in [-0.15, -0.1) is 0 Å². The summed E-state index contributed by atoms with van der Waals surface area (Å²) in [5.41, 5.74) is 2.11. The topological polar surface area (TPSA) is 117 Å². The van der Waals surface area contributed by atoms with E-state index in [-0.39, 0.29) is 21.9 Å². The van der Waals surface area contributed by atoms with Gasteiger partial charge in [0.25, 0.3) is 15.9 Å². The van der Waals surface area contributed by atoms with Crippen LogP contribution >= 0.6 is 0 Å². The monoisotopic (exact) mass is 471 g/mol. The highest BCUT2D eigenvalue weighted by molar-refractivity contribution is 7.92. The molecule has 0 atom stereocenters. The Morgan fingerprint density at radius 3 is 2.45 bits per heavy atom. The first-order valence-corrected chi connectivity index (χ1v) is 12.2. The molecule has 1 aromatic heterocycles. The molecule has 3 N–H and O–H groups in total. The molecular weight excluding hydrogens is 442 g/mol. The van der Waals surface area contributed by atoms with Crippen molar-refractivity contribution in [3.05, 3.63) is 69.5 Å².